The van der Waals surface area contributed by atoms with Gasteiger partial charge in [-0.2, -0.15) is 5.10 Å². The van der Waals surface area contributed by atoms with Crippen LogP contribution in [-0.2, 0) is 11.3 Å². The number of amides is 1. The molecule has 1 aromatic carbocycles. The quantitative estimate of drug-likeness (QED) is 0.386. The molecule has 2 aromatic rings. The number of nitrogen functional groups attached to an aromatic ring is 1. The highest BCUT2D eigenvalue weighted by molar-refractivity contribution is 7.99. The van der Waals surface area contributed by atoms with E-state index >= 15 is 0 Å². The lowest BCUT2D eigenvalue weighted by Crippen LogP contribution is -2.25. The molecule has 0 aliphatic heterocycles. The molecule has 1 aliphatic rings. The van der Waals surface area contributed by atoms with Crippen molar-refractivity contribution in [1.82, 2.24) is 20.2 Å². The average molecular weight is 377 g/mol. The van der Waals surface area contributed by atoms with E-state index in [1.165, 1.54) is 28.6 Å². The molecule has 0 spiro atoms. The van der Waals surface area contributed by atoms with Crippen molar-refractivity contribution in [1.29, 1.82) is 0 Å². The normalized spacial score (nSPS) is 13.7. The highest BCUT2D eigenvalue weighted by atomic mass is 32.2. The molecule has 0 atom stereocenters. The second-order valence-corrected chi connectivity index (χ2v) is 6.81. The Balaban J connectivity index is 1.45. The number of anilines is 1. The number of aromatic nitrogens is 3. The van der Waals surface area contributed by atoms with E-state index in [0.29, 0.717) is 17.6 Å². The molecule has 1 aromatic heterocycles. The van der Waals surface area contributed by atoms with Gasteiger partial charge in [-0.05, 0) is 43.4 Å². The van der Waals surface area contributed by atoms with E-state index in [-0.39, 0.29) is 17.5 Å². The first-order valence-electron chi connectivity index (χ1n) is 8.27. The van der Waals surface area contributed by atoms with Gasteiger partial charge in [0.05, 0.1) is 5.75 Å². The maximum Gasteiger partial charge on any atom is 0.264 e. The predicted molar refractivity (Wildman–Crippen MR) is 98.7 cm³/mol. The molecule has 1 aliphatic carbocycles. The van der Waals surface area contributed by atoms with Crippen molar-refractivity contribution in [2.45, 2.75) is 37.4 Å². The van der Waals surface area contributed by atoms with Gasteiger partial charge in [-0.1, -0.05) is 23.9 Å². The van der Waals surface area contributed by atoms with Gasteiger partial charge in [-0.3, -0.25) is 4.79 Å². The van der Waals surface area contributed by atoms with Gasteiger partial charge in [0, 0.05) is 12.3 Å². The fourth-order valence-electron chi connectivity index (χ4n) is 2.46. The maximum atomic E-state index is 12.8. The Labute approximate surface area is 154 Å². The largest absolute Gasteiger partial charge is 0.351 e. The monoisotopic (exact) mass is 377 g/mol. The number of nitrogens with one attached hydrogen (secondary N) is 2. The van der Waals surface area contributed by atoms with E-state index in [0.717, 1.165) is 37.0 Å². The lowest BCUT2D eigenvalue weighted by Gasteiger charge is -2.06. The van der Waals surface area contributed by atoms with E-state index in [4.69, 9.17) is 5.84 Å². The van der Waals surface area contributed by atoms with E-state index in [2.05, 4.69) is 26.0 Å². The van der Waals surface area contributed by atoms with Crippen LogP contribution in [0.2, 0.25) is 0 Å². The fraction of sp³-hybridized carbons (Fsp3) is 0.375. The molecule has 4 N–H and O–H groups in total. The zero-order valence-corrected chi connectivity index (χ0v) is 14.9. The van der Waals surface area contributed by atoms with Crippen LogP contribution in [0, 0.1) is 5.82 Å². The molecule has 0 saturated heterocycles. The molecule has 1 amide bonds. The number of nitrogens with zero attached hydrogens (tertiary/aromatic N) is 4. The molecule has 26 heavy (non-hydrogen) atoms. The summed E-state index contributed by atoms with van der Waals surface area (Å²) in [6.07, 6.45) is 4.29. The van der Waals surface area contributed by atoms with E-state index in [9.17, 15) is 9.18 Å². The van der Waals surface area contributed by atoms with Crippen molar-refractivity contribution in [3.63, 3.8) is 0 Å². The molecule has 1 heterocycles. The summed E-state index contributed by atoms with van der Waals surface area (Å²) >= 11 is 1.18. The summed E-state index contributed by atoms with van der Waals surface area (Å²) in [5.74, 6) is 5.92. The van der Waals surface area contributed by atoms with Crippen LogP contribution < -0.4 is 16.6 Å². The van der Waals surface area contributed by atoms with Crippen LogP contribution in [-0.4, -0.2) is 32.2 Å². The van der Waals surface area contributed by atoms with Gasteiger partial charge in [0.2, 0.25) is 11.1 Å². The van der Waals surface area contributed by atoms with Gasteiger partial charge >= 0.3 is 0 Å². The Bertz CT molecular complexity index is 782. The van der Waals surface area contributed by atoms with E-state index < -0.39 is 0 Å². The maximum absolute atomic E-state index is 12.8. The highest BCUT2D eigenvalue weighted by Crippen LogP contribution is 2.18. The zero-order valence-electron chi connectivity index (χ0n) is 14.1. The first-order chi connectivity index (χ1) is 12.6. The van der Waals surface area contributed by atoms with E-state index in [1.54, 1.807) is 12.1 Å². The molecule has 8 nitrogen and oxygen atoms in total. The van der Waals surface area contributed by atoms with Crippen molar-refractivity contribution < 1.29 is 9.18 Å². The standard InChI is InChI=1S/C16H20FN7OS/c17-12-7-5-11(6-8-12)9-19-14(25)10-26-16-23-22-15(24(16)18)21-20-13-3-1-2-4-13/h5-8H,1-4,9-10,18H2,(H,19,25)(H,21,22). The Morgan fingerprint density at radius 2 is 2.00 bits per heavy atom. The van der Waals surface area contributed by atoms with Crippen LogP contribution in [0.3, 0.4) is 0 Å². The molecule has 3 rings (SSSR count). The van der Waals surface area contributed by atoms with Crippen LogP contribution in [0.4, 0.5) is 10.3 Å². The smallest absolute Gasteiger partial charge is 0.264 e. The SMILES string of the molecule is Nn1c(NN=C2CCCC2)nnc1SCC(=O)NCc1ccc(F)cc1. The molecule has 138 valence electrons. The molecular weight excluding hydrogens is 357 g/mol. The van der Waals surface area contributed by atoms with Crippen molar-refractivity contribution in [3.8, 4) is 0 Å². The minimum atomic E-state index is -0.305. The third kappa shape index (κ3) is 4.94. The van der Waals surface area contributed by atoms with Crippen molar-refractivity contribution in [3.05, 3.63) is 35.6 Å². The molecular formula is C16H20FN7OS. The van der Waals surface area contributed by atoms with Crippen LogP contribution >= 0.6 is 11.8 Å². The Morgan fingerprint density at radius 1 is 1.27 bits per heavy atom. The average Bonchev–Trinajstić information content (AvgIpc) is 3.28. The summed E-state index contributed by atoms with van der Waals surface area (Å²) in [5, 5.41) is 15.3. The minimum Gasteiger partial charge on any atom is -0.351 e. The summed E-state index contributed by atoms with van der Waals surface area (Å²) in [6, 6.07) is 5.97. The molecule has 1 saturated carbocycles. The van der Waals surface area contributed by atoms with Crippen LogP contribution in [0.25, 0.3) is 0 Å². The first kappa shape index (κ1) is 18.2. The summed E-state index contributed by atoms with van der Waals surface area (Å²) in [7, 11) is 0. The summed E-state index contributed by atoms with van der Waals surface area (Å²) in [6.45, 7) is 0.333. The number of halogens is 1. The van der Waals surface area contributed by atoms with Gasteiger partial charge in [-0.25, -0.2) is 14.5 Å². The summed E-state index contributed by atoms with van der Waals surface area (Å²) < 4.78 is 14.1. The first-order valence-corrected chi connectivity index (χ1v) is 9.26. The lowest BCUT2D eigenvalue weighted by molar-refractivity contribution is -0.118. The number of nitrogens with two attached hydrogens (primary N) is 1. The number of thioether (sulfide) groups is 1. The van der Waals surface area contributed by atoms with Crippen molar-refractivity contribution in [2.24, 2.45) is 5.10 Å². The van der Waals surface area contributed by atoms with Crippen LogP contribution in [0.1, 0.15) is 31.2 Å². The molecule has 0 radical (unpaired) electrons. The third-order valence-electron chi connectivity index (χ3n) is 3.89. The number of hydrogen-bond acceptors (Lipinski definition) is 7. The zero-order chi connectivity index (χ0) is 18.4. The number of hydrogen-bond donors (Lipinski definition) is 3. The predicted octanol–water partition coefficient (Wildman–Crippen LogP) is 1.88. The third-order valence-corrected chi connectivity index (χ3v) is 4.84. The molecule has 0 bridgehead atoms. The van der Waals surface area contributed by atoms with Crippen LogP contribution in [0.5, 0.6) is 0 Å². The van der Waals surface area contributed by atoms with Gasteiger partial charge in [0.15, 0.2) is 0 Å². The fourth-order valence-corrected chi connectivity index (χ4v) is 3.15. The van der Waals surface area contributed by atoms with Crippen molar-refractivity contribution in [2.75, 3.05) is 17.0 Å². The number of rotatable bonds is 7. The highest BCUT2D eigenvalue weighted by Gasteiger charge is 2.13. The minimum absolute atomic E-state index is 0.144. The number of carbonyl (C=O) groups is 1. The number of hydrazone groups is 1. The Morgan fingerprint density at radius 3 is 2.73 bits per heavy atom. The number of benzene rings is 1. The second kappa shape index (κ2) is 8.65. The van der Waals surface area contributed by atoms with Crippen molar-refractivity contribution >= 4 is 29.3 Å². The summed E-state index contributed by atoms with van der Waals surface area (Å²) in [4.78, 5) is 11.9. The Kier molecular flexibility index (Phi) is 6.05. The van der Waals surface area contributed by atoms with Gasteiger partial charge in [-0.15, -0.1) is 10.2 Å². The molecule has 10 heteroatoms. The van der Waals surface area contributed by atoms with Gasteiger partial charge in [0.1, 0.15) is 5.82 Å². The topological polar surface area (TPSA) is 110 Å². The van der Waals surface area contributed by atoms with Crippen LogP contribution in [0.15, 0.2) is 34.5 Å². The van der Waals surface area contributed by atoms with Gasteiger partial charge < -0.3 is 11.2 Å². The van der Waals surface area contributed by atoms with E-state index in [1.807, 2.05) is 0 Å². The Hall–Kier alpha value is -2.62. The van der Waals surface area contributed by atoms with Gasteiger partial charge in [0.25, 0.3) is 5.95 Å². The lowest BCUT2D eigenvalue weighted by atomic mass is 10.2. The number of carbonyl (C=O) groups excluding carboxylic acids is 1. The second-order valence-electron chi connectivity index (χ2n) is 5.86. The molecule has 1 fully saturated rings. The molecule has 0 unspecified atom stereocenters. The summed E-state index contributed by atoms with van der Waals surface area (Å²) in [5.41, 5.74) is 4.74.